The molecule has 0 N–H and O–H groups in total. The number of hydrogen-bond acceptors (Lipinski definition) is 4. The van der Waals surface area contributed by atoms with Gasteiger partial charge in [-0.1, -0.05) is 42.0 Å². The van der Waals surface area contributed by atoms with Crippen LogP contribution in [0.25, 0.3) is 0 Å². The molecule has 1 aliphatic heterocycles. The van der Waals surface area contributed by atoms with Crippen LogP contribution in [0, 0.1) is 0 Å². The van der Waals surface area contributed by atoms with Crippen molar-refractivity contribution in [2.24, 2.45) is 0 Å². The molecular weight excluding hydrogens is 294 g/mol. The molecule has 1 heterocycles. The lowest BCUT2D eigenvalue weighted by molar-refractivity contribution is -0.147. The number of halogens is 1. The van der Waals surface area contributed by atoms with Crippen LogP contribution < -0.4 is 0 Å². The van der Waals surface area contributed by atoms with Gasteiger partial charge in [0.2, 0.25) is 0 Å². The molecule has 5 heteroatoms. The monoisotopic (exact) mass is 311 g/mol. The van der Waals surface area contributed by atoms with Gasteiger partial charge in [0.05, 0.1) is 7.11 Å². The first-order valence-electron chi connectivity index (χ1n) is 6.46. The number of piperidine rings is 1. The highest BCUT2D eigenvalue weighted by molar-refractivity contribution is 7.81. The average molecular weight is 312 g/mol. The molecule has 2 unspecified atom stereocenters. The first kappa shape index (κ1) is 15.4. The number of benzene rings is 1. The van der Waals surface area contributed by atoms with Crippen molar-refractivity contribution < 1.29 is 9.53 Å². The molecule has 20 heavy (non-hydrogen) atoms. The van der Waals surface area contributed by atoms with Crippen LogP contribution in [0.1, 0.15) is 18.0 Å². The van der Waals surface area contributed by atoms with E-state index in [0.29, 0.717) is 11.6 Å². The number of ether oxygens (including phenoxy) is 1. The molecule has 1 fully saturated rings. The van der Waals surface area contributed by atoms with Gasteiger partial charge in [-0.05, 0) is 18.1 Å². The molecule has 1 aromatic carbocycles. The molecule has 0 amide bonds. The van der Waals surface area contributed by atoms with E-state index in [1.54, 1.807) is 6.07 Å². The maximum Gasteiger partial charge on any atom is 0.327 e. The summed E-state index contributed by atoms with van der Waals surface area (Å²) in [6.45, 7) is 5.41. The van der Waals surface area contributed by atoms with Gasteiger partial charge in [-0.15, -0.1) is 0 Å². The average Bonchev–Trinajstić information content (AvgIpc) is 2.44. The maximum absolute atomic E-state index is 12.2. The summed E-state index contributed by atoms with van der Waals surface area (Å²) < 4.78 is 4.95. The quantitative estimate of drug-likeness (QED) is 0.528. The Labute approximate surface area is 130 Å². The molecule has 0 aromatic heterocycles. The number of esters is 1. The smallest absolute Gasteiger partial charge is 0.327 e. The maximum atomic E-state index is 12.2. The number of hydrogen-bond donors (Lipinski definition) is 1. The molecule has 108 valence electrons. The number of methoxy groups -OCH3 is 1. The Balaban J connectivity index is 2.32. The van der Waals surface area contributed by atoms with Gasteiger partial charge in [0.25, 0.3) is 0 Å². The minimum atomic E-state index is -0.494. The Kier molecular flexibility index (Phi) is 5.13. The van der Waals surface area contributed by atoms with E-state index in [9.17, 15) is 4.79 Å². The Hall–Kier alpha value is -0.970. The summed E-state index contributed by atoms with van der Waals surface area (Å²) in [6.07, 6.45) is 0.861. The fourth-order valence-corrected chi connectivity index (χ4v) is 2.88. The summed E-state index contributed by atoms with van der Waals surface area (Å²) in [5.41, 5.74) is 1.78. The summed E-state index contributed by atoms with van der Waals surface area (Å²) in [4.78, 5) is 14.2. The van der Waals surface area contributed by atoms with Gasteiger partial charge in [-0.2, -0.15) is 12.6 Å². The van der Waals surface area contributed by atoms with Crippen LogP contribution in [0.2, 0.25) is 5.02 Å². The van der Waals surface area contributed by atoms with Gasteiger partial charge in [0.1, 0.15) is 6.04 Å². The normalized spacial score (nSPS) is 21.6. The standard InChI is InChI=1S/C15H18ClNO2S/c1-10-9-17(8-7-13(10)20)14(15(18)19-2)11-5-3-4-6-12(11)16/h3-6,13-14,20H,1,7-9H2,2H3. The lowest BCUT2D eigenvalue weighted by Crippen LogP contribution is -2.42. The Morgan fingerprint density at radius 1 is 1.55 bits per heavy atom. The van der Waals surface area contributed by atoms with E-state index in [2.05, 4.69) is 19.2 Å². The highest BCUT2D eigenvalue weighted by Gasteiger charge is 2.33. The van der Waals surface area contributed by atoms with E-state index in [1.807, 2.05) is 23.1 Å². The fraction of sp³-hybridized carbons (Fsp3) is 0.400. The van der Waals surface area contributed by atoms with Gasteiger partial charge in [0, 0.05) is 23.4 Å². The van der Waals surface area contributed by atoms with E-state index >= 15 is 0 Å². The Morgan fingerprint density at radius 3 is 2.85 bits per heavy atom. The van der Waals surface area contributed by atoms with E-state index in [1.165, 1.54) is 7.11 Å². The van der Waals surface area contributed by atoms with Gasteiger partial charge in [0.15, 0.2) is 0 Å². The predicted octanol–water partition coefficient (Wildman–Crippen LogP) is 3.11. The third-order valence-corrected chi connectivity index (χ3v) is 4.52. The topological polar surface area (TPSA) is 29.5 Å². The third kappa shape index (κ3) is 3.19. The molecule has 3 nitrogen and oxygen atoms in total. The first-order valence-corrected chi connectivity index (χ1v) is 7.36. The molecule has 2 atom stereocenters. The highest BCUT2D eigenvalue weighted by atomic mass is 35.5. The van der Waals surface area contributed by atoms with Crippen LogP contribution >= 0.6 is 24.2 Å². The lowest BCUT2D eigenvalue weighted by Gasteiger charge is -2.36. The largest absolute Gasteiger partial charge is 0.468 e. The van der Waals surface area contributed by atoms with E-state index < -0.39 is 6.04 Å². The second kappa shape index (κ2) is 6.66. The van der Waals surface area contributed by atoms with Crippen LogP contribution in [0.15, 0.2) is 36.4 Å². The van der Waals surface area contributed by atoms with Crippen LogP contribution in [-0.4, -0.2) is 36.3 Å². The number of nitrogens with zero attached hydrogens (tertiary/aromatic N) is 1. The van der Waals surface area contributed by atoms with Gasteiger partial charge >= 0.3 is 5.97 Å². The molecule has 0 bridgehead atoms. The zero-order valence-electron chi connectivity index (χ0n) is 11.4. The minimum Gasteiger partial charge on any atom is -0.468 e. The molecule has 0 radical (unpaired) electrons. The van der Waals surface area contributed by atoms with Crippen molar-refractivity contribution in [2.45, 2.75) is 17.7 Å². The number of carbonyl (C=O) groups excluding carboxylic acids is 1. The van der Waals surface area contributed by atoms with Crippen LogP contribution in [0.5, 0.6) is 0 Å². The second-order valence-electron chi connectivity index (χ2n) is 4.88. The van der Waals surface area contributed by atoms with Crippen LogP contribution in [0.3, 0.4) is 0 Å². The van der Waals surface area contributed by atoms with Gasteiger partial charge in [-0.3, -0.25) is 4.90 Å². The van der Waals surface area contributed by atoms with Gasteiger partial charge in [-0.25, -0.2) is 4.79 Å². The number of thiol groups is 1. The summed E-state index contributed by atoms with van der Waals surface area (Å²) in [6, 6.07) is 6.87. The number of likely N-dealkylation sites (tertiary alicyclic amines) is 1. The lowest BCUT2D eigenvalue weighted by atomic mass is 9.99. The van der Waals surface area contributed by atoms with Crippen molar-refractivity contribution >= 4 is 30.2 Å². The van der Waals surface area contributed by atoms with Crippen LogP contribution in [0.4, 0.5) is 0 Å². The van der Waals surface area contributed by atoms with Crippen molar-refractivity contribution in [3.8, 4) is 0 Å². The van der Waals surface area contributed by atoms with Crippen molar-refractivity contribution in [3.63, 3.8) is 0 Å². The third-order valence-electron chi connectivity index (χ3n) is 3.56. The molecule has 0 spiro atoms. The molecule has 0 saturated carbocycles. The zero-order chi connectivity index (χ0) is 14.7. The van der Waals surface area contributed by atoms with E-state index in [4.69, 9.17) is 16.3 Å². The molecule has 0 aliphatic carbocycles. The molecule has 1 saturated heterocycles. The van der Waals surface area contributed by atoms with E-state index in [-0.39, 0.29) is 11.2 Å². The predicted molar refractivity (Wildman–Crippen MR) is 84.3 cm³/mol. The summed E-state index contributed by atoms with van der Waals surface area (Å²) in [5, 5.41) is 0.761. The fourth-order valence-electron chi connectivity index (χ4n) is 2.44. The van der Waals surface area contributed by atoms with Crippen molar-refractivity contribution in [2.75, 3.05) is 20.2 Å². The Morgan fingerprint density at radius 2 is 2.25 bits per heavy atom. The summed E-state index contributed by atoms with van der Waals surface area (Å²) in [5.74, 6) is -0.302. The molecule has 1 aromatic rings. The minimum absolute atomic E-state index is 0.191. The van der Waals surface area contributed by atoms with Crippen molar-refractivity contribution in [1.82, 2.24) is 4.90 Å². The van der Waals surface area contributed by atoms with Crippen LogP contribution in [-0.2, 0) is 9.53 Å². The second-order valence-corrected chi connectivity index (χ2v) is 5.91. The van der Waals surface area contributed by atoms with E-state index in [0.717, 1.165) is 24.1 Å². The first-order chi connectivity index (χ1) is 9.54. The molecule has 2 rings (SSSR count). The van der Waals surface area contributed by atoms with Crippen molar-refractivity contribution in [1.29, 1.82) is 0 Å². The Bertz CT molecular complexity index is 520. The molecule has 1 aliphatic rings. The highest BCUT2D eigenvalue weighted by Crippen LogP contribution is 2.32. The zero-order valence-corrected chi connectivity index (χ0v) is 13.0. The number of rotatable bonds is 3. The molecular formula is C15H18ClNO2S. The number of carbonyl (C=O) groups is 1. The summed E-state index contributed by atoms with van der Waals surface area (Å²) in [7, 11) is 1.40. The SMILES string of the molecule is C=C1CN(C(C(=O)OC)c2ccccc2Cl)CCC1S. The summed E-state index contributed by atoms with van der Waals surface area (Å²) >= 11 is 10.7. The van der Waals surface area contributed by atoms with Gasteiger partial charge < -0.3 is 4.74 Å². The van der Waals surface area contributed by atoms with Crippen molar-refractivity contribution in [3.05, 3.63) is 47.0 Å².